The van der Waals surface area contributed by atoms with Gasteiger partial charge in [0.05, 0.1) is 11.6 Å². The van der Waals surface area contributed by atoms with Crippen molar-refractivity contribution in [3.8, 4) is 0 Å². The molecule has 0 spiro atoms. The highest BCUT2D eigenvalue weighted by atomic mass is 16.5. The van der Waals surface area contributed by atoms with Crippen molar-refractivity contribution in [2.75, 3.05) is 0 Å². The zero-order valence-corrected chi connectivity index (χ0v) is 11.3. The monoisotopic (exact) mass is 289 g/mol. The van der Waals surface area contributed by atoms with Crippen LogP contribution in [0.15, 0.2) is 36.4 Å². The summed E-state index contributed by atoms with van der Waals surface area (Å²) < 4.78 is 0. The van der Waals surface area contributed by atoms with Crippen LogP contribution in [0.2, 0.25) is 0 Å². The number of aliphatic hydroxyl groups is 1. The number of hydrogen-bond acceptors (Lipinski definition) is 5. The molecular weight excluding hydrogens is 274 g/mol. The lowest BCUT2D eigenvalue weighted by Gasteiger charge is -2.18. The van der Waals surface area contributed by atoms with Gasteiger partial charge in [0.15, 0.2) is 0 Å². The predicted molar refractivity (Wildman–Crippen MR) is 74.6 cm³/mol. The van der Waals surface area contributed by atoms with Gasteiger partial charge >= 0.3 is 0 Å². The molecule has 0 radical (unpaired) electrons. The van der Waals surface area contributed by atoms with Gasteiger partial charge in [0.1, 0.15) is 11.7 Å². The Balaban J connectivity index is 2.23. The van der Waals surface area contributed by atoms with Crippen LogP contribution in [-0.2, 0) is 4.79 Å². The largest absolute Gasteiger partial charge is 0.391 e. The number of hydrogen-bond donors (Lipinski definition) is 4. The number of aliphatic hydroxyl groups excluding tert-OH is 1. The molecule has 7 heteroatoms. The lowest BCUT2D eigenvalue weighted by molar-refractivity contribution is -0.133. The van der Waals surface area contributed by atoms with Gasteiger partial charge in [0.25, 0.3) is 11.8 Å². The van der Waals surface area contributed by atoms with Gasteiger partial charge in [0, 0.05) is 5.39 Å². The third-order valence-corrected chi connectivity index (χ3v) is 2.99. The maximum atomic E-state index is 12.1. The zero-order chi connectivity index (χ0) is 15.4. The Morgan fingerprint density at radius 2 is 1.90 bits per heavy atom. The molecule has 0 aliphatic rings. The molecule has 0 fully saturated rings. The molecule has 0 aliphatic carbocycles. The molecule has 1 aromatic carbocycles. The van der Waals surface area contributed by atoms with Crippen molar-refractivity contribution >= 4 is 22.7 Å². The van der Waals surface area contributed by atoms with Gasteiger partial charge < -0.3 is 10.4 Å². The van der Waals surface area contributed by atoms with E-state index in [4.69, 9.17) is 5.21 Å². The summed E-state index contributed by atoms with van der Waals surface area (Å²) in [5.74, 6) is -1.52. The van der Waals surface area contributed by atoms with Crippen LogP contribution in [0.3, 0.4) is 0 Å². The van der Waals surface area contributed by atoms with Gasteiger partial charge in [-0.1, -0.05) is 24.3 Å². The molecule has 2 amide bonds. The highest BCUT2D eigenvalue weighted by Crippen LogP contribution is 2.11. The Morgan fingerprint density at radius 3 is 2.57 bits per heavy atom. The smallest absolute Gasteiger partial charge is 0.270 e. The number of amides is 2. The second-order valence-corrected chi connectivity index (χ2v) is 4.56. The van der Waals surface area contributed by atoms with Crippen molar-refractivity contribution < 1.29 is 19.9 Å². The fourth-order valence-corrected chi connectivity index (χ4v) is 1.88. The van der Waals surface area contributed by atoms with E-state index in [1.54, 1.807) is 18.2 Å². The van der Waals surface area contributed by atoms with Gasteiger partial charge in [-0.25, -0.2) is 10.5 Å². The normalized spacial score (nSPS) is 13.5. The number of benzene rings is 1. The minimum Gasteiger partial charge on any atom is -0.391 e. The Bertz CT molecular complexity index is 672. The quantitative estimate of drug-likeness (QED) is 0.475. The van der Waals surface area contributed by atoms with Gasteiger partial charge in [-0.15, -0.1) is 0 Å². The molecular formula is C14H15N3O4. The molecule has 1 aromatic heterocycles. The number of hydroxylamine groups is 1. The lowest BCUT2D eigenvalue weighted by Crippen LogP contribution is -2.51. The number of nitrogens with one attached hydrogen (secondary N) is 2. The van der Waals surface area contributed by atoms with Crippen molar-refractivity contribution in [2.45, 2.75) is 19.1 Å². The first-order valence-electron chi connectivity index (χ1n) is 6.31. The molecule has 2 aromatic rings. The number of fused-ring (bicyclic) bond motifs is 1. The van der Waals surface area contributed by atoms with E-state index in [2.05, 4.69) is 10.3 Å². The third-order valence-electron chi connectivity index (χ3n) is 2.99. The predicted octanol–water partition coefficient (Wildman–Crippen LogP) is 0.219. The standard InChI is InChI=1S/C14H15N3O4/c1-8(18)12(14(20)17-21)16-13(19)11-7-6-9-4-2-3-5-10(9)15-11/h2-8,12,18,21H,1H3,(H,16,19)(H,17,20)/t8?,12-/m0/s1. The number of rotatable bonds is 4. The number of carbonyl (C=O) groups excluding carboxylic acids is 2. The van der Waals surface area contributed by atoms with E-state index in [-0.39, 0.29) is 5.69 Å². The summed E-state index contributed by atoms with van der Waals surface area (Å²) in [7, 11) is 0. The van der Waals surface area contributed by atoms with E-state index >= 15 is 0 Å². The van der Waals surface area contributed by atoms with Crippen molar-refractivity contribution in [2.24, 2.45) is 0 Å². The van der Waals surface area contributed by atoms with Crippen LogP contribution in [0.5, 0.6) is 0 Å². The van der Waals surface area contributed by atoms with Crippen LogP contribution >= 0.6 is 0 Å². The van der Waals surface area contributed by atoms with E-state index in [9.17, 15) is 14.7 Å². The van der Waals surface area contributed by atoms with E-state index in [1.165, 1.54) is 18.5 Å². The first-order chi connectivity index (χ1) is 10.0. The third kappa shape index (κ3) is 3.33. The summed E-state index contributed by atoms with van der Waals surface area (Å²) in [5, 5.41) is 21.3. The van der Waals surface area contributed by atoms with Gasteiger partial charge in [-0.3, -0.25) is 14.8 Å². The zero-order valence-electron chi connectivity index (χ0n) is 11.3. The van der Waals surface area contributed by atoms with Crippen molar-refractivity contribution in [3.63, 3.8) is 0 Å². The molecule has 0 aliphatic heterocycles. The van der Waals surface area contributed by atoms with Crippen molar-refractivity contribution in [3.05, 3.63) is 42.1 Å². The number of para-hydroxylation sites is 1. The van der Waals surface area contributed by atoms with Crippen LogP contribution in [0, 0.1) is 0 Å². The van der Waals surface area contributed by atoms with Crippen LogP contribution in [0.25, 0.3) is 10.9 Å². The maximum Gasteiger partial charge on any atom is 0.270 e. The molecule has 1 heterocycles. The fourth-order valence-electron chi connectivity index (χ4n) is 1.88. The number of nitrogens with zero attached hydrogens (tertiary/aromatic N) is 1. The number of pyridine rings is 1. The minimum atomic E-state index is -1.27. The van der Waals surface area contributed by atoms with E-state index in [0.717, 1.165) is 5.39 Å². The summed E-state index contributed by atoms with van der Waals surface area (Å²) in [5.41, 5.74) is 2.16. The van der Waals surface area contributed by atoms with Gasteiger partial charge in [-0.05, 0) is 19.1 Å². The SMILES string of the molecule is CC(O)[C@H](NC(=O)c1ccc2ccccc2n1)C(=O)NO. The molecule has 0 saturated carbocycles. The lowest BCUT2D eigenvalue weighted by atomic mass is 10.1. The maximum absolute atomic E-state index is 12.1. The second kappa shape index (κ2) is 6.29. The highest BCUT2D eigenvalue weighted by molar-refractivity contribution is 5.97. The molecule has 21 heavy (non-hydrogen) atoms. The molecule has 2 rings (SSSR count). The molecule has 110 valence electrons. The van der Waals surface area contributed by atoms with Gasteiger partial charge in [-0.2, -0.15) is 0 Å². The van der Waals surface area contributed by atoms with E-state index in [1.807, 2.05) is 12.1 Å². The minimum absolute atomic E-state index is 0.116. The average Bonchev–Trinajstić information content (AvgIpc) is 2.50. The van der Waals surface area contributed by atoms with E-state index in [0.29, 0.717) is 5.52 Å². The number of aromatic nitrogens is 1. The molecule has 1 unspecified atom stereocenters. The van der Waals surface area contributed by atoms with Crippen LogP contribution in [0.4, 0.5) is 0 Å². The van der Waals surface area contributed by atoms with Crippen molar-refractivity contribution in [1.82, 2.24) is 15.8 Å². The van der Waals surface area contributed by atoms with Crippen molar-refractivity contribution in [1.29, 1.82) is 0 Å². The first-order valence-corrected chi connectivity index (χ1v) is 6.31. The number of carbonyl (C=O) groups is 2. The molecule has 2 atom stereocenters. The van der Waals surface area contributed by atoms with Crippen LogP contribution in [-0.4, -0.2) is 39.3 Å². The fraction of sp³-hybridized carbons (Fsp3) is 0.214. The first kappa shape index (κ1) is 14.9. The Morgan fingerprint density at radius 1 is 1.19 bits per heavy atom. The molecule has 7 nitrogen and oxygen atoms in total. The molecule has 4 N–H and O–H groups in total. The topological polar surface area (TPSA) is 112 Å². The molecule has 0 saturated heterocycles. The summed E-state index contributed by atoms with van der Waals surface area (Å²) >= 11 is 0. The van der Waals surface area contributed by atoms with Crippen LogP contribution < -0.4 is 10.8 Å². The summed E-state index contributed by atoms with van der Waals surface area (Å²) in [6, 6.07) is 9.28. The highest BCUT2D eigenvalue weighted by Gasteiger charge is 2.26. The Kier molecular flexibility index (Phi) is 4.46. The average molecular weight is 289 g/mol. The molecule has 0 bridgehead atoms. The Labute approximate surface area is 120 Å². The van der Waals surface area contributed by atoms with Crippen LogP contribution in [0.1, 0.15) is 17.4 Å². The summed E-state index contributed by atoms with van der Waals surface area (Å²) in [6.07, 6.45) is -1.17. The second-order valence-electron chi connectivity index (χ2n) is 4.56. The Hall–Kier alpha value is -2.51. The van der Waals surface area contributed by atoms with E-state index < -0.39 is 24.0 Å². The summed E-state index contributed by atoms with van der Waals surface area (Å²) in [6.45, 7) is 1.33. The summed E-state index contributed by atoms with van der Waals surface area (Å²) in [4.78, 5) is 27.6. The van der Waals surface area contributed by atoms with Gasteiger partial charge in [0.2, 0.25) is 0 Å².